The van der Waals surface area contributed by atoms with E-state index in [-0.39, 0.29) is 5.91 Å². The summed E-state index contributed by atoms with van der Waals surface area (Å²) in [5.41, 5.74) is 8.64. The summed E-state index contributed by atoms with van der Waals surface area (Å²) in [6.07, 6.45) is 0. The molecular formula is C15H16BrN3O. The van der Waals surface area contributed by atoms with Gasteiger partial charge in [0.05, 0.1) is 0 Å². The van der Waals surface area contributed by atoms with Crippen molar-refractivity contribution in [2.45, 2.75) is 0 Å². The number of nitrogens with zero attached hydrogens (tertiary/aromatic N) is 1. The van der Waals surface area contributed by atoms with Gasteiger partial charge < -0.3 is 16.0 Å². The molecule has 0 saturated carbocycles. The fraction of sp³-hybridized carbons (Fsp3) is 0.133. The van der Waals surface area contributed by atoms with Gasteiger partial charge in [0.15, 0.2) is 0 Å². The molecule has 0 aliphatic heterocycles. The summed E-state index contributed by atoms with van der Waals surface area (Å²) in [4.78, 5) is 14.2. The zero-order valence-corrected chi connectivity index (χ0v) is 12.9. The fourth-order valence-electron chi connectivity index (χ4n) is 1.75. The largest absolute Gasteiger partial charge is 0.398 e. The molecule has 0 aromatic heterocycles. The number of hydrogen-bond donors (Lipinski definition) is 2. The SMILES string of the molecule is CN(C)c1cccc(C(=O)Nc2ccc(Br)c(N)c2)c1. The summed E-state index contributed by atoms with van der Waals surface area (Å²) >= 11 is 3.32. The van der Waals surface area contributed by atoms with Crippen molar-refractivity contribution in [3.63, 3.8) is 0 Å². The van der Waals surface area contributed by atoms with Crippen molar-refractivity contribution in [1.82, 2.24) is 0 Å². The quantitative estimate of drug-likeness (QED) is 0.847. The van der Waals surface area contributed by atoms with Crippen LogP contribution in [0.15, 0.2) is 46.9 Å². The maximum absolute atomic E-state index is 12.2. The lowest BCUT2D eigenvalue weighted by molar-refractivity contribution is 0.102. The first-order chi connectivity index (χ1) is 9.47. The van der Waals surface area contributed by atoms with Gasteiger partial charge >= 0.3 is 0 Å². The van der Waals surface area contributed by atoms with E-state index in [0.717, 1.165) is 10.2 Å². The molecule has 2 aromatic carbocycles. The Morgan fingerprint density at radius 1 is 1.20 bits per heavy atom. The third-order valence-corrected chi connectivity index (χ3v) is 3.60. The molecule has 4 nitrogen and oxygen atoms in total. The van der Waals surface area contributed by atoms with Crippen molar-refractivity contribution in [2.24, 2.45) is 0 Å². The molecule has 2 rings (SSSR count). The Labute approximate surface area is 126 Å². The Balaban J connectivity index is 2.19. The summed E-state index contributed by atoms with van der Waals surface area (Å²) in [6, 6.07) is 12.8. The monoisotopic (exact) mass is 333 g/mol. The average molecular weight is 334 g/mol. The number of nitrogens with two attached hydrogens (primary N) is 1. The Morgan fingerprint density at radius 3 is 2.60 bits per heavy atom. The molecule has 0 bridgehead atoms. The van der Waals surface area contributed by atoms with Crippen LogP contribution < -0.4 is 16.0 Å². The standard InChI is InChI=1S/C15H16BrN3O/c1-19(2)12-5-3-4-10(8-12)15(20)18-11-6-7-13(16)14(17)9-11/h3-9H,17H2,1-2H3,(H,18,20). The van der Waals surface area contributed by atoms with Crippen LogP contribution in [0, 0.1) is 0 Å². The van der Waals surface area contributed by atoms with Crippen molar-refractivity contribution < 1.29 is 4.79 Å². The highest BCUT2D eigenvalue weighted by Crippen LogP contribution is 2.23. The number of halogens is 1. The molecule has 0 fully saturated rings. The van der Waals surface area contributed by atoms with Crippen molar-refractivity contribution in [3.8, 4) is 0 Å². The molecule has 0 aliphatic rings. The van der Waals surface area contributed by atoms with Gasteiger partial charge in [-0.15, -0.1) is 0 Å². The van der Waals surface area contributed by atoms with Gasteiger partial charge in [-0.3, -0.25) is 4.79 Å². The topological polar surface area (TPSA) is 58.4 Å². The minimum absolute atomic E-state index is 0.157. The predicted molar refractivity (Wildman–Crippen MR) is 87.3 cm³/mol. The number of nitrogen functional groups attached to an aromatic ring is 1. The molecule has 0 spiro atoms. The molecule has 5 heteroatoms. The minimum atomic E-state index is -0.157. The van der Waals surface area contributed by atoms with Crippen LogP contribution in [0.25, 0.3) is 0 Å². The Bertz CT molecular complexity index is 641. The molecule has 104 valence electrons. The van der Waals surface area contributed by atoms with Crippen LogP contribution in [0.5, 0.6) is 0 Å². The lowest BCUT2D eigenvalue weighted by Gasteiger charge is -2.13. The molecule has 2 aromatic rings. The zero-order chi connectivity index (χ0) is 14.7. The van der Waals surface area contributed by atoms with Crippen LogP contribution in [0.3, 0.4) is 0 Å². The lowest BCUT2D eigenvalue weighted by Crippen LogP contribution is -2.14. The summed E-state index contributed by atoms with van der Waals surface area (Å²) < 4.78 is 0.810. The highest BCUT2D eigenvalue weighted by Gasteiger charge is 2.08. The van der Waals surface area contributed by atoms with Gasteiger partial charge in [0.2, 0.25) is 0 Å². The van der Waals surface area contributed by atoms with Gasteiger partial charge in [0.1, 0.15) is 0 Å². The molecule has 0 unspecified atom stereocenters. The lowest BCUT2D eigenvalue weighted by atomic mass is 10.1. The molecule has 20 heavy (non-hydrogen) atoms. The molecule has 3 N–H and O–H groups in total. The van der Waals surface area contributed by atoms with Crippen LogP contribution in [0.2, 0.25) is 0 Å². The van der Waals surface area contributed by atoms with Gasteiger partial charge in [-0.05, 0) is 52.3 Å². The summed E-state index contributed by atoms with van der Waals surface area (Å²) in [6.45, 7) is 0. The third kappa shape index (κ3) is 3.30. The van der Waals surface area contributed by atoms with E-state index >= 15 is 0 Å². The van der Waals surface area contributed by atoms with E-state index in [1.807, 2.05) is 37.2 Å². The first-order valence-electron chi connectivity index (χ1n) is 6.11. The molecule has 0 saturated heterocycles. The van der Waals surface area contributed by atoms with E-state index in [1.165, 1.54) is 0 Å². The molecular weight excluding hydrogens is 318 g/mol. The normalized spacial score (nSPS) is 10.2. The van der Waals surface area contributed by atoms with E-state index in [0.29, 0.717) is 16.9 Å². The highest BCUT2D eigenvalue weighted by molar-refractivity contribution is 9.10. The molecule has 0 heterocycles. The summed E-state index contributed by atoms with van der Waals surface area (Å²) in [7, 11) is 3.87. The number of benzene rings is 2. The summed E-state index contributed by atoms with van der Waals surface area (Å²) in [5.74, 6) is -0.157. The first kappa shape index (κ1) is 14.4. The van der Waals surface area contributed by atoms with E-state index in [4.69, 9.17) is 5.73 Å². The average Bonchev–Trinajstić information content (AvgIpc) is 2.43. The Hall–Kier alpha value is -2.01. The fourth-order valence-corrected chi connectivity index (χ4v) is 2.00. The second-order valence-electron chi connectivity index (χ2n) is 4.64. The van der Waals surface area contributed by atoms with E-state index in [1.54, 1.807) is 24.3 Å². The van der Waals surface area contributed by atoms with Crippen LogP contribution in [0.4, 0.5) is 17.1 Å². The molecule has 0 radical (unpaired) electrons. The van der Waals surface area contributed by atoms with Crippen molar-refractivity contribution >= 4 is 38.9 Å². The predicted octanol–water partition coefficient (Wildman–Crippen LogP) is 3.35. The van der Waals surface area contributed by atoms with Gasteiger partial charge in [-0.2, -0.15) is 0 Å². The van der Waals surface area contributed by atoms with Gasteiger partial charge in [0, 0.05) is 41.2 Å². The smallest absolute Gasteiger partial charge is 0.255 e. The maximum atomic E-state index is 12.2. The van der Waals surface area contributed by atoms with Gasteiger partial charge in [-0.25, -0.2) is 0 Å². The van der Waals surface area contributed by atoms with Crippen molar-refractivity contribution in [2.75, 3.05) is 30.0 Å². The Morgan fingerprint density at radius 2 is 1.95 bits per heavy atom. The summed E-state index contributed by atoms with van der Waals surface area (Å²) in [5, 5.41) is 2.83. The van der Waals surface area contributed by atoms with E-state index in [2.05, 4.69) is 21.2 Å². The number of nitrogens with one attached hydrogen (secondary N) is 1. The van der Waals surface area contributed by atoms with Gasteiger partial charge in [-0.1, -0.05) is 6.07 Å². The van der Waals surface area contributed by atoms with Crippen LogP contribution in [0.1, 0.15) is 10.4 Å². The van der Waals surface area contributed by atoms with Crippen LogP contribution in [-0.2, 0) is 0 Å². The van der Waals surface area contributed by atoms with Crippen LogP contribution >= 0.6 is 15.9 Å². The highest BCUT2D eigenvalue weighted by atomic mass is 79.9. The zero-order valence-electron chi connectivity index (χ0n) is 11.4. The molecule has 0 aliphatic carbocycles. The number of amides is 1. The van der Waals surface area contributed by atoms with E-state index in [9.17, 15) is 4.79 Å². The molecule has 1 amide bonds. The maximum Gasteiger partial charge on any atom is 0.255 e. The first-order valence-corrected chi connectivity index (χ1v) is 6.90. The number of carbonyl (C=O) groups is 1. The second-order valence-corrected chi connectivity index (χ2v) is 5.49. The third-order valence-electron chi connectivity index (χ3n) is 2.88. The number of anilines is 3. The van der Waals surface area contributed by atoms with Crippen molar-refractivity contribution in [3.05, 3.63) is 52.5 Å². The van der Waals surface area contributed by atoms with Gasteiger partial charge in [0.25, 0.3) is 5.91 Å². The number of rotatable bonds is 3. The van der Waals surface area contributed by atoms with E-state index < -0.39 is 0 Å². The number of hydrogen-bond acceptors (Lipinski definition) is 3. The van der Waals surface area contributed by atoms with Crippen LogP contribution in [-0.4, -0.2) is 20.0 Å². The minimum Gasteiger partial charge on any atom is -0.398 e. The number of carbonyl (C=O) groups excluding carboxylic acids is 1. The second kappa shape index (κ2) is 5.96. The molecule has 0 atom stereocenters. The van der Waals surface area contributed by atoms with Crippen molar-refractivity contribution in [1.29, 1.82) is 0 Å². The Kier molecular flexibility index (Phi) is 4.29.